The number of carbonyl (C=O) groups excluding carboxylic acids is 2. The molecule has 6 heteroatoms. The van der Waals surface area contributed by atoms with Crippen molar-refractivity contribution in [2.45, 2.75) is 65.5 Å². The molecule has 0 bridgehead atoms. The number of esters is 1. The summed E-state index contributed by atoms with van der Waals surface area (Å²) in [5.74, 6) is -0.165. The molecule has 0 unspecified atom stereocenters. The zero-order chi connectivity index (χ0) is 20.8. The molecule has 1 aliphatic rings. The van der Waals surface area contributed by atoms with Crippen molar-refractivity contribution < 1.29 is 23.8 Å². The van der Waals surface area contributed by atoms with Gasteiger partial charge in [0.2, 0.25) is 0 Å². The van der Waals surface area contributed by atoms with E-state index in [1.165, 1.54) is 0 Å². The van der Waals surface area contributed by atoms with Crippen LogP contribution in [0.3, 0.4) is 0 Å². The molecule has 1 aliphatic heterocycles. The number of carbonyl (C=O) groups is 2. The Hall–Kier alpha value is -2.08. The molecule has 1 saturated heterocycles. The summed E-state index contributed by atoms with van der Waals surface area (Å²) in [5.41, 5.74) is 0.0940. The largest absolute Gasteiger partial charge is 0.491 e. The van der Waals surface area contributed by atoms with E-state index in [-0.39, 0.29) is 29.6 Å². The molecular weight excluding hydrogens is 358 g/mol. The third-order valence-electron chi connectivity index (χ3n) is 4.33. The first-order chi connectivity index (χ1) is 13.0. The fraction of sp³-hybridized carbons (Fsp3) is 0.636. The molecule has 1 atom stereocenters. The second-order valence-corrected chi connectivity index (χ2v) is 9.22. The van der Waals surface area contributed by atoms with Gasteiger partial charge < -0.3 is 19.5 Å². The lowest BCUT2D eigenvalue weighted by atomic mass is 9.82. The number of ether oxygens (including phenoxy) is 3. The highest BCUT2D eigenvalue weighted by molar-refractivity contribution is 5.91. The predicted molar refractivity (Wildman–Crippen MR) is 107 cm³/mol. The summed E-state index contributed by atoms with van der Waals surface area (Å²) in [6.07, 6.45) is 3.04. The number of hydrogen-bond donors (Lipinski definition) is 1. The summed E-state index contributed by atoms with van der Waals surface area (Å²) in [5, 5.41) is 2.92. The van der Waals surface area contributed by atoms with Gasteiger partial charge >= 0.3 is 5.97 Å². The molecule has 6 nitrogen and oxygen atoms in total. The molecule has 156 valence electrons. The molecule has 1 aromatic carbocycles. The van der Waals surface area contributed by atoms with E-state index in [4.69, 9.17) is 14.2 Å². The van der Waals surface area contributed by atoms with Gasteiger partial charge in [-0.1, -0.05) is 20.8 Å². The third kappa shape index (κ3) is 7.89. The second-order valence-electron chi connectivity index (χ2n) is 9.22. The van der Waals surface area contributed by atoms with E-state index in [0.717, 1.165) is 25.9 Å². The number of benzene rings is 1. The third-order valence-corrected chi connectivity index (χ3v) is 4.33. The minimum Gasteiger partial charge on any atom is -0.491 e. The maximum atomic E-state index is 12.2. The van der Waals surface area contributed by atoms with Crippen LogP contribution >= 0.6 is 0 Å². The van der Waals surface area contributed by atoms with Crippen LogP contribution in [-0.2, 0) is 14.3 Å². The summed E-state index contributed by atoms with van der Waals surface area (Å²) in [7, 11) is 0. The standard InChI is InChI=1S/C22H33NO5/c1-21(2,3)15-22(4,5)23-19(24)14-28-20(25)16-8-10-17(11-9-16)27-13-18-7-6-12-26-18/h8-11,18H,6-7,12-15H2,1-5H3,(H,23,24)/t18-/m1/s1. The monoisotopic (exact) mass is 391 g/mol. The van der Waals surface area contributed by atoms with Crippen LogP contribution in [0.5, 0.6) is 5.75 Å². The lowest BCUT2D eigenvalue weighted by Crippen LogP contribution is -2.47. The fourth-order valence-electron chi connectivity index (χ4n) is 3.65. The molecule has 1 heterocycles. The number of amides is 1. The normalized spacial score (nSPS) is 17.2. The zero-order valence-electron chi connectivity index (χ0n) is 17.7. The first-order valence-electron chi connectivity index (χ1n) is 9.87. The Morgan fingerprint density at radius 1 is 1.14 bits per heavy atom. The lowest BCUT2D eigenvalue weighted by Gasteiger charge is -2.33. The highest BCUT2D eigenvalue weighted by Gasteiger charge is 2.27. The average Bonchev–Trinajstić information content (AvgIpc) is 3.09. The van der Waals surface area contributed by atoms with Crippen LogP contribution in [0, 0.1) is 5.41 Å². The Balaban J connectivity index is 1.76. The first kappa shape index (κ1) is 22.2. The van der Waals surface area contributed by atoms with Crippen molar-refractivity contribution in [2.75, 3.05) is 19.8 Å². The smallest absolute Gasteiger partial charge is 0.338 e. The summed E-state index contributed by atoms with van der Waals surface area (Å²) in [6, 6.07) is 6.71. The van der Waals surface area contributed by atoms with Gasteiger partial charge in [-0.15, -0.1) is 0 Å². The van der Waals surface area contributed by atoms with Crippen molar-refractivity contribution in [3.8, 4) is 5.75 Å². The van der Waals surface area contributed by atoms with Crippen LogP contribution < -0.4 is 10.1 Å². The maximum Gasteiger partial charge on any atom is 0.338 e. The van der Waals surface area contributed by atoms with Gasteiger partial charge in [0, 0.05) is 12.1 Å². The van der Waals surface area contributed by atoms with E-state index in [9.17, 15) is 9.59 Å². The zero-order valence-corrected chi connectivity index (χ0v) is 17.7. The van der Waals surface area contributed by atoms with Gasteiger partial charge in [-0.05, 0) is 62.8 Å². The van der Waals surface area contributed by atoms with E-state index < -0.39 is 5.97 Å². The molecule has 0 radical (unpaired) electrons. The van der Waals surface area contributed by atoms with E-state index in [2.05, 4.69) is 26.1 Å². The Labute approximate surface area is 167 Å². The van der Waals surface area contributed by atoms with Gasteiger partial charge in [0.25, 0.3) is 5.91 Å². The van der Waals surface area contributed by atoms with Gasteiger partial charge in [-0.25, -0.2) is 4.79 Å². The number of nitrogens with one attached hydrogen (secondary N) is 1. The Kier molecular flexibility index (Phi) is 7.47. The minimum atomic E-state index is -0.533. The molecule has 1 amide bonds. The van der Waals surface area contributed by atoms with Crippen LogP contribution in [0.2, 0.25) is 0 Å². The van der Waals surface area contributed by atoms with Gasteiger partial charge in [0.15, 0.2) is 6.61 Å². The van der Waals surface area contributed by atoms with Gasteiger partial charge in [0.1, 0.15) is 12.4 Å². The van der Waals surface area contributed by atoms with Crippen molar-refractivity contribution in [2.24, 2.45) is 5.41 Å². The van der Waals surface area contributed by atoms with Crippen LogP contribution in [0.4, 0.5) is 0 Å². The topological polar surface area (TPSA) is 73.9 Å². The summed E-state index contributed by atoms with van der Waals surface area (Å²) in [6.45, 7) is 11.3. The van der Waals surface area contributed by atoms with Crippen molar-refractivity contribution in [3.05, 3.63) is 29.8 Å². The second kappa shape index (κ2) is 9.41. The fourth-order valence-corrected chi connectivity index (χ4v) is 3.65. The molecule has 2 rings (SSSR count). The SMILES string of the molecule is CC(C)(C)CC(C)(C)NC(=O)COC(=O)c1ccc(OC[C@H]2CCCO2)cc1. The van der Waals surface area contributed by atoms with E-state index in [0.29, 0.717) is 17.9 Å². The molecule has 1 aromatic rings. The average molecular weight is 392 g/mol. The molecule has 0 saturated carbocycles. The lowest BCUT2D eigenvalue weighted by molar-refractivity contribution is -0.126. The molecular formula is C22H33NO5. The highest BCUT2D eigenvalue weighted by atomic mass is 16.5. The van der Waals surface area contributed by atoms with Crippen molar-refractivity contribution in [3.63, 3.8) is 0 Å². The predicted octanol–water partition coefficient (Wildman–Crippen LogP) is 3.73. The first-order valence-corrected chi connectivity index (χ1v) is 9.87. The quantitative estimate of drug-likeness (QED) is 0.684. The van der Waals surface area contributed by atoms with Crippen LogP contribution in [0.1, 0.15) is 64.2 Å². The summed E-state index contributed by atoms with van der Waals surface area (Å²) in [4.78, 5) is 24.3. The highest BCUT2D eigenvalue weighted by Crippen LogP contribution is 2.26. The van der Waals surface area contributed by atoms with Crippen molar-refractivity contribution in [1.82, 2.24) is 5.32 Å². The molecule has 0 spiro atoms. The molecule has 1 N–H and O–H groups in total. The van der Waals surface area contributed by atoms with Crippen molar-refractivity contribution in [1.29, 1.82) is 0 Å². The van der Waals surface area contributed by atoms with Crippen LogP contribution in [0.25, 0.3) is 0 Å². The van der Waals surface area contributed by atoms with Gasteiger partial charge in [-0.2, -0.15) is 0 Å². The molecule has 0 aliphatic carbocycles. The van der Waals surface area contributed by atoms with Crippen molar-refractivity contribution >= 4 is 11.9 Å². The Morgan fingerprint density at radius 2 is 1.82 bits per heavy atom. The number of rotatable bonds is 8. The number of hydrogen-bond acceptors (Lipinski definition) is 5. The summed E-state index contributed by atoms with van der Waals surface area (Å²) < 4.78 is 16.3. The van der Waals surface area contributed by atoms with E-state index in [1.807, 2.05) is 13.8 Å². The van der Waals surface area contributed by atoms with Crippen LogP contribution in [-0.4, -0.2) is 43.3 Å². The van der Waals surface area contributed by atoms with E-state index >= 15 is 0 Å². The Bertz CT molecular complexity index is 654. The summed E-state index contributed by atoms with van der Waals surface area (Å²) >= 11 is 0. The van der Waals surface area contributed by atoms with Gasteiger partial charge in [-0.3, -0.25) is 4.79 Å². The Morgan fingerprint density at radius 3 is 2.39 bits per heavy atom. The molecule has 28 heavy (non-hydrogen) atoms. The molecule has 0 aromatic heterocycles. The maximum absolute atomic E-state index is 12.2. The minimum absolute atomic E-state index is 0.0845. The molecule has 1 fully saturated rings. The van der Waals surface area contributed by atoms with Gasteiger partial charge in [0.05, 0.1) is 11.7 Å². The van der Waals surface area contributed by atoms with Crippen LogP contribution in [0.15, 0.2) is 24.3 Å². The van der Waals surface area contributed by atoms with E-state index in [1.54, 1.807) is 24.3 Å².